The number of likely N-dealkylation sites (tertiary alicyclic amines) is 2. The second-order valence-electron chi connectivity index (χ2n) is 10.2. The highest BCUT2D eigenvalue weighted by Crippen LogP contribution is 2.48. The molecule has 9 nitrogen and oxygen atoms in total. The Balaban J connectivity index is 2.07. The summed E-state index contributed by atoms with van der Waals surface area (Å²) >= 11 is 0. The van der Waals surface area contributed by atoms with E-state index < -0.39 is 35.2 Å². The lowest BCUT2D eigenvalue weighted by Gasteiger charge is -2.46. The minimum absolute atomic E-state index is 0.184. The van der Waals surface area contributed by atoms with E-state index in [1.54, 1.807) is 39.9 Å². The van der Waals surface area contributed by atoms with Gasteiger partial charge in [0.05, 0.1) is 0 Å². The van der Waals surface area contributed by atoms with Crippen molar-refractivity contribution in [2.75, 3.05) is 41.0 Å². The van der Waals surface area contributed by atoms with Gasteiger partial charge in [0.1, 0.15) is 12.2 Å². The maximum atomic E-state index is 14.2. The average Bonchev–Trinajstić information content (AvgIpc) is 3.15. The van der Waals surface area contributed by atoms with Gasteiger partial charge in [-0.2, -0.15) is 0 Å². The molecule has 2 saturated heterocycles. The molecule has 0 spiro atoms. The molecular weight excluding hydrogens is 452 g/mol. The number of ether oxygens (including phenoxy) is 4. The van der Waals surface area contributed by atoms with E-state index in [-0.39, 0.29) is 25.0 Å². The Morgan fingerprint density at radius 2 is 1.77 bits per heavy atom. The average molecular weight is 491 g/mol. The molecule has 0 unspecified atom stereocenters. The van der Waals surface area contributed by atoms with Gasteiger partial charge in [-0.05, 0) is 38.7 Å². The summed E-state index contributed by atoms with van der Waals surface area (Å²) in [5, 5.41) is 0. The van der Waals surface area contributed by atoms with Crippen LogP contribution in [-0.2, 0) is 35.1 Å². The van der Waals surface area contributed by atoms with Crippen LogP contribution in [0.5, 0.6) is 0 Å². The number of hydrogen-bond donors (Lipinski definition) is 0. The zero-order chi connectivity index (χ0) is 25.8. The normalized spacial score (nSPS) is 24.6. The van der Waals surface area contributed by atoms with Gasteiger partial charge in [-0.15, -0.1) is 0 Å². The molecule has 1 aromatic rings. The summed E-state index contributed by atoms with van der Waals surface area (Å²) in [4.78, 5) is 44.5. The number of hydrogen-bond acceptors (Lipinski definition) is 7. The van der Waals surface area contributed by atoms with Crippen molar-refractivity contribution in [2.45, 2.75) is 57.6 Å². The van der Waals surface area contributed by atoms with E-state index in [4.69, 9.17) is 18.9 Å². The van der Waals surface area contributed by atoms with E-state index >= 15 is 0 Å². The molecule has 0 bridgehead atoms. The highest BCUT2D eigenvalue weighted by atomic mass is 16.7. The summed E-state index contributed by atoms with van der Waals surface area (Å²) in [6, 6.07) is 9.61. The number of carbonyl (C=O) groups excluding carboxylic acids is 3. The predicted octanol–water partition coefficient (Wildman–Crippen LogP) is 2.87. The Labute approximate surface area is 207 Å². The van der Waals surface area contributed by atoms with E-state index in [2.05, 4.69) is 0 Å². The van der Waals surface area contributed by atoms with Crippen molar-refractivity contribution in [3.8, 4) is 0 Å². The summed E-state index contributed by atoms with van der Waals surface area (Å²) < 4.78 is 21.7. The third-order valence-electron chi connectivity index (χ3n) is 6.82. The van der Waals surface area contributed by atoms with Crippen LogP contribution in [0.3, 0.4) is 0 Å². The smallest absolute Gasteiger partial charge is 0.411 e. The molecule has 3 atom stereocenters. The Kier molecular flexibility index (Phi) is 8.56. The van der Waals surface area contributed by atoms with Crippen LogP contribution in [0.4, 0.5) is 4.79 Å². The van der Waals surface area contributed by atoms with E-state index in [0.29, 0.717) is 25.9 Å². The van der Waals surface area contributed by atoms with E-state index in [1.807, 2.05) is 30.3 Å². The van der Waals surface area contributed by atoms with Gasteiger partial charge in [0, 0.05) is 53.3 Å². The number of benzene rings is 1. The van der Waals surface area contributed by atoms with Gasteiger partial charge < -0.3 is 23.8 Å². The molecule has 35 heavy (non-hydrogen) atoms. The number of Topliss-reactive ketones (excluding diaryl/α,β-unsaturated/α-hetero) is 1. The second kappa shape index (κ2) is 11.1. The Hall–Kier alpha value is -2.49. The minimum Gasteiger partial charge on any atom is -0.444 e. The molecule has 0 aromatic heterocycles. The molecule has 0 N–H and O–H groups in total. The van der Waals surface area contributed by atoms with Crippen molar-refractivity contribution < 1.29 is 33.3 Å². The monoisotopic (exact) mass is 490 g/mol. The molecule has 2 fully saturated rings. The van der Waals surface area contributed by atoms with E-state index in [9.17, 15) is 14.4 Å². The molecule has 2 amide bonds. The van der Waals surface area contributed by atoms with Crippen molar-refractivity contribution in [3.63, 3.8) is 0 Å². The third kappa shape index (κ3) is 5.52. The molecule has 0 saturated carbocycles. The standard InChI is InChI=1S/C26H38N2O7/c1-25(2,3)35-24(31)28-16-19(14-22(33-5)34-6)20-12-13-27(15-18-10-8-7-9-11-18)23(30)26(20,28)21(29)17-32-4/h7-11,19-20,22H,12-17H2,1-6H3/t19-,20-,26-/m1/s1. The fourth-order valence-electron chi connectivity index (χ4n) is 5.39. The molecule has 0 aliphatic carbocycles. The van der Waals surface area contributed by atoms with Gasteiger partial charge in [-0.25, -0.2) is 4.79 Å². The lowest BCUT2D eigenvalue weighted by atomic mass is 9.70. The van der Waals surface area contributed by atoms with Crippen LogP contribution in [0.25, 0.3) is 0 Å². The summed E-state index contributed by atoms with van der Waals surface area (Å²) in [6.45, 7) is 6.00. The number of ketones is 1. The highest BCUT2D eigenvalue weighted by Gasteiger charge is 2.67. The van der Waals surface area contributed by atoms with Crippen LogP contribution in [-0.4, -0.2) is 86.0 Å². The third-order valence-corrected chi connectivity index (χ3v) is 6.82. The van der Waals surface area contributed by atoms with Gasteiger partial charge in [0.15, 0.2) is 17.6 Å². The lowest BCUT2D eigenvalue weighted by Crippen LogP contribution is -2.69. The second-order valence-corrected chi connectivity index (χ2v) is 10.2. The topological polar surface area (TPSA) is 94.6 Å². The van der Waals surface area contributed by atoms with Gasteiger partial charge in [0.25, 0.3) is 5.91 Å². The molecule has 2 aliphatic rings. The molecule has 0 radical (unpaired) electrons. The quantitative estimate of drug-likeness (QED) is 0.388. The molecular formula is C26H38N2O7. The number of nitrogens with zero attached hydrogens (tertiary/aromatic N) is 2. The minimum atomic E-state index is -1.71. The summed E-state index contributed by atoms with van der Waals surface area (Å²) in [5.74, 6) is -1.44. The highest BCUT2D eigenvalue weighted by molar-refractivity contribution is 6.14. The molecule has 9 heteroatoms. The van der Waals surface area contributed by atoms with Crippen LogP contribution >= 0.6 is 0 Å². The zero-order valence-corrected chi connectivity index (χ0v) is 21.6. The maximum Gasteiger partial charge on any atom is 0.411 e. The summed E-state index contributed by atoms with van der Waals surface area (Å²) in [6.07, 6.45) is -0.217. The molecule has 1 aromatic carbocycles. The van der Waals surface area contributed by atoms with Crippen LogP contribution in [0, 0.1) is 11.8 Å². The first-order valence-corrected chi connectivity index (χ1v) is 12.0. The predicted molar refractivity (Wildman–Crippen MR) is 128 cm³/mol. The van der Waals surface area contributed by atoms with E-state index in [0.717, 1.165) is 5.56 Å². The van der Waals surface area contributed by atoms with Crippen molar-refractivity contribution >= 4 is 17.8 Å². The lowest BCUT2D eigenvalue weighted by molar-refractivity contribution is -0.161. The SMILES string of the molecule is COCC(=O)[C@@]12C(=O)N(Cc3ccccc3)CC[C@@H]1[C@H](CC(OC)OC)CN2C(=O)OC(C)(C)C. The van der Waals surface area contributed by atoms with Gasteiger partial charge >= 0.3 is 6.09 Å². The first-order valence-electron chi connectivity index (χ1n) is 12.0. The van der Waals surface area contributed by atoms with Gasteiger partial charge in [-0.1, -0.05) is 30.3 Å². The fourth-order valence-corrected chi connectivity index (χ4v) is 5.39. The van der Waals surface area contributed by atoms with Crippen molar-refractivity contribution in [1.82, 2.24) is 9.80 Å². The first-order chi connectivity index (χ1) is 16.6. The number of amides is 2. The Morgan fingerprint density at radius 1 is 1.11 bits per heavy atom. The largest absolute Gasteiger partial charge is 0.444 e. The van der Waals surface area contributed by atoms with Crippen molar-refractivity contribution in [1.29, 1.82) is 0 Å². The number of carbonyl (C=O) groups is 3. The molecule has 2 aliphatic heterocycles. The van der Waals surface area contributed by atoms with E-state index in [1.165, 1.54) is 12.0 Å². The Bertz CT molecular complexity index is 897. The first kappa shape index (κ1) is 27.1. The van der Waals surface area contributed by atoms with Crippen LogP contribution in [0.1, 0.15) is 39.2 Å². The zero-order valence-electron chi connectivity index (χ0n) is 21.6. The maximum absolute atomic E-state index is 14.2. The van der Waals surface area contributed by atoms with Gasteiger partial charge in [-0.3, -0.25) is 14.5 Å². The number of methoxy groups -OCH3 is 3. The van der Waals surface area contributed by atoms with Crippen molar-refractivity contribution in [3.05, 3.63) is 35.9 Å². The van der Waals surface area contributed by atoms with Gasteiger partial charge in [0.2, 0.25) is 0 Å². The summed E-state index contributed by atoms with van der Waals surface area (Å²) in [5.41, 5.74) is -1.55. The molecule has 3 rings (SSSR count). The number of rotatable bonds is 9. The number of piperidine rings is 1. The Morgan fingerprint density at radius 3 is 2.34 bits per heavy atom. The van der Waals surface area contributed by atoms with Crippen LogP contribution < -0.4 is 0 Å². The van der Waals surface area contributed by atoms with Crippen LogP contribution in [0.2, 0.25) is 0 Å². The van der Waals surface area contributed by atoms with Crippen molar-refractivity contribution in [2.24, 2.45) is 11.8 Å². The number of fused-ring (bicyclic) bond motifs is 1. The fraction of sp³-hybridized carbons (Fsp3) is 0.654. The summed E-state index contributed by atoms with van der Waals surface area (Å²) in [7, 11) is 4.51. The van der Waals surface area contributed by atoms with Crippen LogP contribution in [0.15, 0.2) is 30.3 Å². The molecule has 194 valence electrons. The molecule has 2 heterocycles.